The number of benzene rings is 4. The molecule has 4 aromatic rings. The lowest BCUT2D eigenvalue weighted by atomic mass is 9.78. The first-order chi connectivity index (χ1) is 23.1. The zero-order chi connectivity index (χ0) is 35.4. The standard InChI is InChI=1S/C44H55N3O2/c1-25(2)21-43(10,22-26(3)4)46-39-32(19-17-30-14-11-13-29(9)35(30)39)37-41(48)38(42(37)49)33-20-18-31-15-12-16-34-36(31)40(33)47-44(45-34,23-27(5)6)24-28(7)8/h11-20,25-28,45-48H,9,21-24H2,1-8,10H3/b37-32+. The number of Topliss-reactive ketones (excluding diaryl/α,β-unsaturated/α-hetero) is 1. The van der Waals surface area contributed by atoms with E-state index in [9.17, 15) is 9.90 Å². The normalized spacial score (nSPS) is 17.0. The molecule has 0 atom stereocenters. The number of nitrogens with one attached hydrogen (secondary N) is 3. The number of hydrogen-bond acceptors (Lipinski definition) is 5. The van der Waals surface area contributed by atoms with Crippen molar-refractivity contribution in [2.45, 2.75) is 99.2 Å². The molecular formula is C44H55N3O2. The SMILES string of the molecule is C=c1cccc2cc/c(=C3\C(=O)C(c4ccc5cccc6c5c4NC(CC(C)C)(CC(C)C)N6)=C3O)c(NC(C)(CC(C)C)CC(C)C)c12. The molecule has 0 bridgehead atoms. The second kappa shape index (κ2) is 12.9. The Morgan fingerprint density at radius 1 is 0.755 bits per heavy atom. The molecule has 4 aromatic carbocycles. The molecule has 0 spiro atoms. The van der Waals surface area contributed by atoms with Crippen LogP contribution >= 0.6 is 0 Å². The predicted molar refractivity (Wildman–Crippen MR) is 210 cm³/mol. The Labute approximate surface area is 292 Å². The van der Waals surface area contributed by atoms with Crippen molar-refractivity contribution in [3.63, 3.8) is 0 Å². The first-order valence-electron chi connectivity index (χ1n) is 18.3. The van der Waals surface area contributed by atoms with Gasteiger partial charge in [0.25, 0.3) is 0 Å². The number of hydrogen-bond donors (Lipinski definition) is 4. The summed E-state index contributed by atoms with van der Waals surface area (Å²) in [5.74, 6) is 1.75. The number of rotatable bonds is 11. The molecule has 0 unspecified atom stereocenters. The fourth-order valence-electron chi connectivity index (χ4n) is 9.02. The molecule has 1 aliphatic carbocycles. The molecule has 4 N–H and O–H groups in total. The Morgan fingerprint density at radius 3 is 1.94 bits per heavy atom. The van der Waals surface area contributed by atoms with Crippen LogP contribution in [0.1, 0.15) is 93.6 Å². The van der Waals surface area contributed by atoms with Crippen LogP contribution in [0.25, 0.3) is 39.3 Å². The first kappa shape index (κ1) is 34.6. The minimum Gasteiger partial charge on any atom is -0.506 e. The molecule has 0 aromatic heterocycles. The number of aliphatic hydroxyl groups is 1. The van der Waals surface area contributed by atoms with E-state index >= 15 is 0 Å². The largest absolute Gasteiger partial charge is 0.506 e. The van der Waals surface area contributed by atoms with Gasteiger partial charge in [0.15, 0.2) is 0 Å². The highest BCUT2D eigenvalue weighted by Crippen LogP contribution is 2.48. The van der Waals surface area contributed by atoms with Crippen molar-refractivity contribution in [1.29, 1.82) is 0 Å². The smallest absolute Gasteiger partial charge is 0.201 e. The van der Waals surface area contributed by atoms with Crippen LogP contribution in [0.3, 0.4) is 0 Å². The van der Waals surface area contributed by atoms with E-state index in [0.717, 1.165) is 80.3 Å². The van der Waals surface area contributed by atoms with Gasteiger partial charge in [-0.05, 0) is 78.3 Å². The lowest BCUT2D eigenvalue weighted by Gasteiger charge is -2.45. The number of aliphatic hydroxyl groups excluding tert-OH is 1. The fourth-order valence-corrected chi connectivity index (χ4v) is 9.02. The monoisotopic (exact) mass is 657 g/mol. The average molecular weight is 658 g/mol. The zero-order valence-corrected chi connectivity index (χ0v) is 31.0. The number of fused-ring (bicyclic) bond motifs is 1. The fraction of sp³-hybridized carbons (Fsp3) is 0.432. The number of anilines is 3. The Bertz CT molecular complexity index is 2070. The van der Waals surface area contributed by atoms with Crippen LogP contribution < -0.4 is 26.4 Å². The van der Waals surface area contributed by atoms with Gasteiger partial charge in [-0.2, -0.15) is 0 Å². The second-order valence-electron chi connectivity index (χ2n) is 16.7. The van der Waals surface area contributed by atoms with Crippen LogP contribution in [0.2, 0.25) is 0 Å². The highest BCUT2D eigenvalue weighted by Gasteiger charge is 2.42. The molecule has 0 saturated carbocycles. The van der Waals surface area contributed by atoms with Gasteiger partial charge in [0.05, 0.1) is 22.5 Å². The third-order valence-electron chi connectivity index (χ3n) is 10.0. The van der Waals surface area contributed by atoms with E-state index in [4.69, 9.17) is 0 Å². The molecule has 1 heterocycles. The lowest BCUT2D eigenvalue weighted by Crippen LogP contribution is -2.50. The van der Waals surface area contributed by atoms with E-state index in [0.29, 0.717) is 34.8 Å². The average Bonchev–Trinajstić information content (AvgIpc) is 2.98. The Balaban J connectivity index is 1.58. The predicted octanol–water partition coefficient (Wildman–Crippen LogP) is 9.99. The van der Waals surface area contributed by atoms with Gasteiger partial charge in [0, 0.05) is 32.8 Å². The summed E-state index contributed by atoms with van der Waals surface area (Å²) in [4.78, 5) is 14.5. The van der Waals surface area contributed by atoms with Crippen molar-refractivity contribution >= 4 is 62.1 Å². The minimum absolute atomic E-state index is 0.0510. The summed E-state index contributed by atoms with van der Waals surface area (Å²) in [5.41, 5.74) is 3.73. The first-order valence-corrected chi connectivity index (χ1v) is 18.3. The van der Waals surface area contributed by atoms with Crippen molar-refractivity contribution in [2.75, 3.05) is 16.0 Å². The van der Waals surface area contributed by atoms with E-state index < -0.39 is 0 Å². The molecule has 2 aliphatic rings. The molecule has 49 heavy (non-hydrogen) atoms. The molecule has 0 saturated heterocycles. The zero-order valence-electron chi connectivity index (χ0n) is 31.0. The summed E-state index contributed by atoms with van der Waals surface area (Å²) in [5, 5.41) is 29.6. The maximum atomic E-state index is 14.5. The van der Waals surface area contributed by atoms with Crippen LogP contribution in [0, 0.1) is 23.7 Å². The minimum atomic E-state index is -0.382. The summed E-state index contributed by atoms with van der Waals surface area (Å²) >= 11 is 0. The van der Waals surface area contributed by atoms with Crippen LogP contribution in [0.15, 0.2) is 66.4 Å². The number of carbonyl (C=O) groups excluding carboxylic acids is 1. The van der Waals surface area contributed by atoms with Gasteiger partial charge in [-0.15, -0.1) is 0 Å². The molecule has 0 fully saturated rings. The quantitative estimate of drug-likeness (QED) is 0.129. The van der Waals surface area contributed by atoms with Gasteiger partial charge < -0.3 is 21.1 Å². The van der Waals surface area contributed by atoms with Crippen molar-refractivity contribution in [1.82, 2.24) is 0 Å². The highest BCUT2D eigenvalue weighted by atomic mass is 16.3. The van der Waals surface area contributed by atoms with Gasteiger partial charge >= 0.3 is 0 Å². The Morgan fingerprint density at radius 2 is 1.35 bits per heavy atom. The maximum absolute atomic E-state index is 14.5. The van der Waals surface area contributed by atoms with Crippen molar-refractivity contribution < 1.29 is 9.90 Å². The van der Waals surface area contributed by atoms with Crippen LogP contribution in [-0.4, -0.2) is 22.1 Å². The lowest BCUT2D eigenvalue weighted by molar-refractivity contribution is -0.109. The third kappa shape index (κ3) is 6.45. The highest BCUT2D eigenvalue weighted by molar-refractivity contribution is 6.52. The second-order valence-corrected chi connectivity index (χ2v) is 16.7. The van der Waals surface area contributed by atoms with E-state index in [1.165, 1.54) is 0 Å². The van der Waals surface area contributed by atoms with Gasteiger partial charge in [0.1, 0.15) is 11.4 Å². The van der Waals surface area contributed by atoms with Gasteiger partial charge in [0.2, 0.25) is 5.78 Å². The van der Waals surface area contributed by atoms with Gasteiger partial charge in [-0.1, -0.05) is 117 Å². The van der Waals surface area contributed by atoms with E-state index in [1.54, 1.807) is 0 Å². The maximum Gasteiger partial charge on any atom is 0.201 e. The molecule has 6 rings (SSSR count). The molecular weight excluding hydrogens is 603 g/mol. The summed E-state index contributed by atoms with van der Waals surface area (Å²) in [7, 11) is 0. The van der Waals surface area contributed by atoms with E-state index in [-0.39, 0.29) is 22.7 Å². The molecule has 0 amide bonds. The van der Waals surface area contributed by atoms with Crippen LogP contribution in [-0.2, 0) is 4.79 Å². The van der Waals surface area contributed by atoms with Gasteiger partial charge in [-0.25, -0.2) is 0 Å². The summed E-state index contributed by atoms with van der Waals surface area (Å²) in [6.45, 7) is 24.7. The molecule has 5 nitrogen and oxygen atoms in total. The van der Waals surface area contributed by atoms with Crippen molar-refractivity contribution in [2.24, 2.45) is 23.7 Å². The van der Waals surface area contributed by atoms with Gasteiger partial charge in [-0.3, -0.25) is 4.79 Å². The summed E-state index contributed by atoms with van der Waals surface area (Å²) in [6, 6.07) is 20.6. The molecule has 0 radical (unpaired) electrons. The topological polar surface area (TPSA) is 73.4 Å². The summed E-state index contributed by atoms with van der Waals surface area (Å²) in [6.07, 6.45) is 3.76. The van der Waals surface area contributed by atoms with E-state index in [2.05, 4.69) is 115 Å². The van der Waals surface area contributed by atoms with Crippen molar-refractivity contribution in [3.8, 4) is 0 Å². The number of allylic oxidation sites excluding steroid dienone is 2. The number of ketones is 1. The molecule has 1 aliphatic heterocycles. The Kier molecular flexibility index (Phi) is 9.11. The Hall–Kier alpha value is -4.25. The molecule has 258 valence electrons. The van der Waals surface area contributed by atoms with Crippen molar-refractivity contribution in [3.05, 3.63) is 82.4 Å². The van der Waals surface area contributed by atoms with Crippen LogP contribution in [0.4, 0.5) is 17.1 Å². The number of carbonyl (C=O) groups is 1. The molecule has 5 heteroatoms. The van der Waals surface area contributed by atoms with E-state index in [1.807, 2.05) is 30.3 Å². The van der Waals surface area contributed by atoms with Crippen LogP contribution in [0.5, 0.6) is 0 Å². The third-order valence-corrected chi connectivity index (χ3v) is 10.0. The summed E-state index contributed by atoms with van der Waals surface area (Å²) < 4.78 is 0.